The van der Waals surface area contributed by atoms with E-state index in [1.54, 1.807) is 6.20 Å². The second-order valence-corrected chi connectivity index (χ2v) is 5.98. The van der Waals surface area contributed by atoms with Crippen molar-refractivity contribution in [3.63, 3.8) is 0 Å². The maximum absolute atomic E-state index is 8.88. The average molecular weight is 282 g/mol. The minimum Gasteiger partial charge on any atom is -0.331 e. The fourth-order valence-electron chi connectivity index (χ4n) is 3.12. The van der Waals surface area contributed by atoms with Gasteiger partial charge >= 0.3 is 0 Å². The summed E-state index contributed by atoms with van der Waals surface area (Å²) in [5.41, 5.74) is 0.637. The summed E-state index contributed by atoms with van der Waals surface area (Å²) in [6, 6.07) is 3.19. The van der Waals surface area contributed by atoms with Crippen molar-refractivity contribution in [1.82, 2.24) is 24.2 Å². The Morgan fingerprint density at radius 3 is 2.95 bits per heavy atom. The van der Waals surface area contributed by atoms with Gasteiger partial charge in [-0.3, -0.25) is 9.58 Å². The lowest BCUT2D eigenvalue weighted by Gasteiger charge is -2.16. The molecule has 4 rings (SSSR count). The molecule has 1 unspecified atom stereocenters. The smallest absolute Gasteiger partial charge is 0.123 e. The normalized spacial score (nSPS) is 22.5. The highest BCUT2D eigenvalue weighted by molar-refractivity contribution is 5.22. The molecule has 2 aromatic rings. The lowest BCUT2D eigenvalue weighted by atomic mass is 10.3. The number of hydrogen-bond acceptors (Lipinski definition) is 4. The van der Waals surface area contributed by atoms with Gasteiger partial charge in [0.05, 0.1) is 24.3 Å². The lowest BCUT2D eigenvalue weighted by Crippen LogP contribution is -2.23. The predicted octanol–water partition coefficient (Wildman–Crippen LogP) is 1.73. The SMILES string of the molecule is N#Cc1cnn(C2CCN(Cc3nccn3C3CC3)C2)c1. The largest absolute Gasteiger partial charge is 0.331 e. The number of nitrogens with zero attached hydrogens (tertiary/aromatic N) is 6. The van der Waals surface area contributed by atoms with Crippen molar-refractivity contribution < 1.29 is 0 Å². The third kappa shape index (κ3) is 2.45. The number of nitriles is 1. The van der Waals surface area contributed by atoms with Crippen LogP contribution in [0.25, 0.3) is 0 Å². The minimum atomic E-state index is 0.372. The van der Waals surface area contributed by atoms with Crippen LogP contribution >= 0.6 is 0 Å². The van der Waals surface area contributed by atoms with Crippen molar-refractivity contribution in [1.29, 1.82) is 5.26 Å². The molecule has 2 aliphatic rings. The number of imidazole rings is 1. The summed E-state index contributed by atoms with van der Waals surface area (Å²) >= 11 is 0. The van der Waals surface area contributed by atoms with E-state index in [2.05, 4.69) is 31.8 Å². The van der Waals surface area contributed by atoms with Gasteiger partial charge in [0.2, 0.25) is 0 Å². The second-order valence-electron chi connectivity index (χ2n) is 5.98. The monoisotopic (exact) mass is 282 g/mol. The zero-order valence-electron chi connectivity index (χ0n) is 11.9. The zero-order valence-corrected chi connectivity index (χ0v) is 11.9. The van der Waals surface area contributed by atoms with E-state index in [-0.39, 0.29) is 0 Å². The number of hydrogen-bond donors (Lipinski definition) is 0. The van der Waals surface area contributed by atoms with E-state index in [4.69, 9.17) is 5.26 Å². The van der Waals surface area contributed by atoms with Crippen LogP contribution in [-0.4, -0.2) is 37.3 Å². The molecular weight excluding hydrogens is 264 g/mol. The van der Waals surface area contributed by atoms with Crippen molar-refractivity contribution in [2.24, 2.45) is 0 Å². The quantitative estimate of drug-likeness (QED) is 0.857. The van der Waals surface area contributed by atoms with E-state index < -0.39 is 0 Å². The van der Waals surface area contributed by atoms with Gasteiger partial charge in [0.25, 0.3) is 0 Å². The molecule has 1 atom stereocenters. The van der Waals surface area contributed by atoms with Crippen molar-refractivity contribution in [3.8, 4) is 6.07 Å². The van der Waals surface area contributed by atoms with Gasteiger partial charge in [-0.1, -0.05) is 0 Å². The van der Waals surface area contributed by atoms with Crippen LogP contribution in [0.2, 0.25) is 0 Å². The number of likely N-dealkylation sites (tertiary alicyclic amines) is 1. The summed E-state index contributed by atoms with van der Waals surface area (Å²) in [5, 5.41) is 13.2. The molecule has 1 aliphatic carbocycles. The van der Waals surface area contributed by atoms with Crippen LogP contribution in [0.3, 0.4) is 0 Å². The van der Waals surface area contributed by atoms with Gasteiger partial charge in [0.1, 0.15) is 11.9 Å². The Morgan fingerprint density at radius 2 is 2.19 bits per heavy atom. The summed E-state index contributed by atoms with van der Waals surface area (Å²) < 4.78 is 4.26. The third-order valence-electron chi connectivity index (χ3n) is 4.41. The van der Waals surface area contributed by atoms with Crippen LogP contribution in [0, 0.1) is 11.3 Å². The van der Waals surface area contributed by atoms with Crippen LogP contribution in [0.5, 0.6) is 0 Å². The van der Waals surface area contributed by atoms with Gasteiger partial charge in [0.15, 0.2) is 0 Å². The van der Waals surface area contributed by atoms with Crippen molar-refractivity contribution >= 4 is 0 Å². The Labute approximate surface area is 123 Å². The first-order valence-corrected chi connectivity index (χ1v) is 7.52. The van der Waals surface area contributed by atoms with E-state index in [1.165, 1.54) is 18.7 Å². The highest BCUT2D eigenvalue weighted by atomic mass is 15.3. The molecule has 0 spiro atoms. The van der Waals surface area contributed by atoms with Crippen LogP contribution < -0.4 is 0 Å². The first-order valence-electron chi connectivity index (χ1n) is 7.52. The van der Waals surface area contributed by atoms with Crippen molar-refractivity contribution in [2.75, 3.05) is 13.1 Å². The van der Waals surface area contributed by atoms with Gasteiger partial charge in [-0.25, -0.2) is 4.98 Å². The molecule has 2 aromatic heterocycles. The van der Waals surface area contributed by atoms with Gasteiger partial charge in [0, 0.05) is 37.7 Å². The standard InChI is InChI=1S/C15H18N6/c16-7-12-8-18-21(9-12)14-3-5-19(10-14)11-15-17-4-6-20(15)13-1-2-13/h4,6,8-9,13-14H,1-3,5,10-11H2. The molecule has 1 aliphatic heterocycles. The van der Waals surface area contributed by atoms with Gasteiger partial charge < -0.3 is 4.57 Å². The molecule has 3 heterocycles. The van der Waals surface area contributed by atoms with E-state index in [0.29, 0.717) is 17.6 Å². The molecule has 1 saturated carbocycles. The Bertz CT molecular complexity index is 674. The number of rotatable bonds is 4. The van der Waals surface area contributed by atoms with Crippen LogP contribution in [0.4, 0.5) is 0 Å². The molecule has 108 valence electrons. The van der Waals surface area contributed by atoms with Gasteiger partial charge in [-0.2, -0.15) is 10.4 Å². The molecule has 6 nitrogen and oxygen atoms in total. The Morgan fingerprint density at radius 1 is 1.29 bits per heavy atom. The summed E-state index contributed by atoms with van der Waals surface area (Å²) in [4.78, 5) is 6.94. The Kier molecular flexibility index (Phi) is 3.00. The summed E-state index contributed by atoms with van der Waals surface area (Å²) in [7, 11) is 0. The Hall–Kier alpha value is -2.13. The molecule has 0 radical (unpaired) electrons. The maximum Gasteiger partial charge on any atom is 0.123 e. The zero-order chi connectivity index (χ0) is 14.2. The Balaban J connectivity index is 1.42. The van der Waals surface area contributed by atoms with Crippen molar-refractivity contribution in [3.05, 3.63) is 36.2 Å². The molecule has 0 aromatic carbocycles. The average Bonchev–Trinajstić information content (AvgIpc) is 2.96. The van der Waals surface area contributed by atoms with E-state index >= 15 is 0 Å². The maximum atomic E-state index is 8.88. The summed E-state index contributed by atoms with van der Waals surface area (Å²) in [5.74, 6) is 1.18. The molecule has 21 heavy (non-hydrogen) atoms. The van der Waals surface area contributed by atoms with Gasteiger partial charge in [-0.05, 0) is 19.3 Å². The van der Waals surface area contributed by atoms with Crippen LogP contribution in [0.1, 0.15) is 42.7 Å². The highest BCUT2D eigenvalue weighted by Gasteiger charge is 2.28. The molecule has 2 fully saturated rings. The molecule has 1 saturated heterocycles. The van der Waals surface area contributed by atoms with E-state index in [9.17, 15) is 0 Å². The topological polar surface area (TPSA) is 62.7 Å². The van der Waals surface area contributed by atoms with Crippen LogP contribution in [-0.2, 0) is 6.54 Å². The van der Waals surface area contributed by atoms with E-state index in [1.807, 2.05) is 17.1 Å². The summed E-state index contributed by atoms with van der Waals surface area (Å²) in [6.07, 6.45) is 11.2. The predicted molar refractivity (Wildman–Crippen MR) is 76.4 cm³/mol. The van der Waals surface area contributed by atoms with Crippen molar-refractivity contribution in [2.45, 2.75) is 37.9 Å². The second kappa shape index (κ2) is 5.01. The highest BCUT2D eigenvalue weighted by Crippen LogP contribution is 2.36. The fraction of sp³-hybridized carbons (Fsp3) is 0.533. The van der Waals surface area contributed by atoms with Gasteiger partial charge in [-0.15, -0.1) is 0 Å². The van der Waals surface area contributed by atoms with Crippen LogP contribution in [0.15, 0.2) is 24.8 Å². The molecular formula is C15H18N6. The minimum absolute atomic E-state index is 0.372. The van der Waals surface area contributed by atoms with E-state index in [0.717, 1.165) is 26.1 Å². The molecule has 0 amide bonds. The first kappa shape index (κ1) is 12.6. The number of aromatic nitrogens is 4. The molecule has 6 heteroatoms. The molecule has 0 N–H and O–H groups in total. The fourth-order valence-corrected chi connectivity index (χ4v) is 3.12. The summed E-state index contributed by atoms with van der Waals surface area (Å²) in [6.45, 7) is 2.94. The lowest BCUT2D eigenvalue weighted by molar-refractivity contribution is 0.299. The molecule has 0 bridgehead atoms. The first-order chi connectivity index (χ1) is 10.3. The third-order valence-corrected chi connectivity index (χ3v) is 4.41.